The number of amides is 1. The number of hydrogen-bond acceptors (Lipinski definition) is 5. The molecule has 0 radical (unpaired) electrons. The fourth-order valence-electron chi connectivity index (χ4n) is 13.0. The molecule has 6 heteroatoms. The maximum Gasteiger partial charge on any atom is 0.305 e. The van der Waals surface area contributed by atoms with Crippen LogP contribution in [-0.2, 0) is 14.3 Å². The van der Waals surface area contributed by atoms with Gasteiger partial charge in [0.05, 0.1) is 25.4 Å². The Hall–Kier alpha value is -1.92. The number of ether oxygens (including phenoxy) is 1. The maximum absolute atomic E-state index is 12.6. The standard InChI is InChI=1S/C83H159NO5/c1-3-5-7-9-11-13-15-17-19-21-22-23-24-35-38-41-44-47-51-55-59-63-67-71-75-81(86)80(79-85)84-82(87)76-72-68-64-60-56-52-48-45-42-39-36-33-31-29-27-25-26-28-30-32-34-37-40-43-46-50-54-58-62-66-70-74-78-89-83(88)77-73-69-65-61-57-53-49-20-18-16-14-12-10-8-6-4-2/h14,16,20,49,71,75,80-81,85-86H,3-13,15,17-19,21-48,50-70,72-74,76-79H2,1-2H3,(H,84,87)/b16-14-,49-20-,75-71+. The van der Waals surface area contributed by atoms with Crippen LogP contribution in [0.25, 0.3) is 0 Å². The highest BCUT2D eigenvalue weighted by Crippen LogP contribution is 2.20. The molecule has 0 aliphatic heterocycles. The Kier molecular flexibility index (Phi) is 76.8. The van der Waals surface area contributed by atoms with E-state index in [2.05, 4.69) is 43.5 Å². The number of rotatable bonds is 77. The summed E-state index contributed by atoms with van der Waals surface area (Å²) in [6, 6.07) is -0.626. The van der Waals surface area contributed by atoms with Crippen molar-refractivity contribution in [3.8, 4) is 0 Å². The molecule has 0 saturated carbocycles. The van der Waals surface area contributed by atoms with Crippen LogP contribution in [0.2, 0.25) is 0 Å². The maximum atomic E-state index is 12.6. The molecule has 0 aromatic carbocycles. The highest BCUT2D eigenvalue weighted by Gasteiger charge is 2.18. The number of aliphatic hydroxyl groups is 2. The first-order valence-electron chi connectivity index (χ1n) is 40.8. The monoisotopic (exact) mass is 1250 g/mol. The van der Waals surface area contributed by atoms with E-state index in [0.717, 1.165) is 51.4 Å². The van der Waals surface area contributed by atoms with E-state index in [1.165, 1.54) is 379 Å². The second kappa shape index (κ2) is 78.5. The summed E-state index contributed by atoms with van der Waals surface area (Å²) in [5.41, 5.74) is 0. The summed E-state index contributed by atoms with van der Waals surface area (Å²) >= 11 is 0. The van der Waals surface area contributed by atoms with Gasteiger partial charge >= 0.3 is 5.97 Å². The number of esters is 1. The van der Waals surface area contributed by atoms with Crippen molar-refractivity contribution in [2.75, 3.05) is 13.2 Å². The van der Waals surface area contributed by atoms with Crippen LogP contribution in [0.15, 0.2) is 36.5 Å². The van der Waals surface area contributed by atoms with Crippen molar-refractivity contribution in [2.24, 2.45) is 0 Å². The van der Waals surface area contributed by atoms with E-state index < -0.39 is 12.1 Å². The zero-order valence-electron chi connectivity index (χ0n) is 60.4. The van der Waals surface area contributed by atoms with E-state index in [4.69, 9.17) is 4.74 Å². The van der Waals surface area contributed by atoms with Gasteiger partial charge in [-0.15, -0.1) is 0 Å². The van der Waals surface area contributed by atoms with Crippen molar-refractivity contribution in [1.29, 1.82) is 0 Å². The van der Waals surface area contributed by atoms with Crippen molar-refractivity contribution in [3.63, 3.8) is 0 Å². The van der Waals surface area contributed by atoms with Crippen LogP contribution in [-0.4, -0.2) is 47.4 Å². The molecule has 2 unspecified atom stereocenters. The van der Waals surface area contributed by atoms with Gasteiger partial charge < -0.3 is 20.3 Å². The lowest BCUT2D eigenvalue weighted by molar-refractivity contribution is -0.143. The fraction of sp³-hybridized carbons (Fsp3) is 0.904. The van der Waals surface area contributed by atoms with E-state index in [9.17, 15) is 19.8 Å². The van der Waals surface area contributed by atoms with Crippen molar-refractivity contribution < 1.29 is 24.5 Å². The van der Waals surface area contributed by atoms with E-state index >= 15 is 0 Å². The molecule has 0 aromatic heterocycles. The summed E-state index contributed by atoms with van der Waals surface area (Å²) in [6.45, 7) is 4.93. The van der Waals surface area contributed by atoms with E-state index in [-0.39, 0.29) is 18.5 Å². The molecule has 2 atom stereocenters. The molecule has 0 spiro atoms. The molecule has 89 heavy (non-hydrogen) atoms. The Balaban J connectivity index is 3.35. The number of carbonyl (C=O) groups excluding carboxylic acids is 2. The predicted octanol–water partition coefficient (Wildman–Crippen LogP) is 27.0. The fourth-order valence-corrected chi connectivity index (χ4v) is 13.0. The number of hydrogen-bond donors (Lipinski definition) is 3. The predicted molar refractivity (Wildman–Crippen MR) is 393 cm³/mol. The second-order valence-corrected chi connectivity index (χ2v) is 28.1. The van der Waals surface area contributed by atoms with Gasteiger partial charge in [0.25, 0.3) is 0 Å². The highest BCUT2D eigenvalue weighted by molar-refractivity contribution is 5.76. The Labute approximate surface area is 557 Å². The molecule has 0 aliphatic rings. The van der Waals surface area contributed by atoms with Gasteiger partial charge in [0, 0.05) is 12.8 Å². The molecular formula is C83H159NO5. The van der Waals surface area contributed by atoms with Crippen LogP contribution in [0.3, 0.4) is 0 Å². The molecule has 0 fully saturated rings. The molecule has 0 bridgehead atoms. The molecular weight excluding hydrogens is 1090 g/mol. The van der Waals surface area contributed by atoms with E-state index in [1.54, 1.807) is 6.08 Å². The first kappa shape index (κ1) is 87.1. The van der Waals surface area contributed by atoms with Gasteiger partial charge in [-0.2, -0.15) is 0 Å². The third kappa shape index (κ3) is 75.0. The Bertz CT molecular complexity index is 1440. The average Bonchev–Trinajstić information content (AvgIpc) is 3.60. The molecule has 6 nitrogen and oxygen atoms in total. The molecule has 0 aromatic rings. The number of nitrogens with one attached hydrogen (secondary N) is 1. The topological polar surface area (TPSA) is 95.9 Å². The molecule has 0 saturated heterocycles. The number of unbranched alkanes of at least 4 members (excludes halogenated alkanes) is 62. The molecule has 0 heterocycles. The molecule has 3 N–H and O–H groups in total. The minimum absolute atomic E-state index is 0.00823. The lowest BCUT2D eigenvalue weighted by atomic mass is 10.0. The second-order valence-electron chi connectivity index (χ2n) is 28.1. The summed E-state index contributed by atoms with van der Waals surface area (Å²) in [5, 5.41) is 23.3. The highest BCUT2D eigenvalue weighted by atomic mass is 16.5. The molecule has 0 rings (SSSR count). The quantitative estimate of drug-likeness (QED) is 0.0320. The lowest BCUT2D eigenvalue weighted by Crippen LogP contribution is -2.45. The van der Waals surface area contributed by atoms with Gasteiger partial charge in [-0.05, 0) is 64.2 Å². The van der Waals surface area contributed by atoms with Gasteiger partial charge in [-0.25, -0.2) is 0 Å². The lowest BCUT2D eigenvalue weighted by Gasteiger charge is -2.20. The molecule has 526 valence electrons. The van der Waals surface area contributed by atoms with Gasteiger partial charge in [-0.3, -0.25) is 9.59 Å². The zero-order chi connectivity index (χ0) is 64.2. The van der Waals surface area contributed by atoms with E-state index in [0.29, 0.717) is 19.4 Å². The van der Waals surface area contributed by atoms with Crippen LogP contribution in [0.1, 0.15) is 457 Å². The molecule has 0 aliphatic carbocycles. The summed E-state index contributed by atoms with van der Waals surface area (Å²) in [7, 11) is 0. The summed E-state index contributed by atoms with van der Waals surface area (Å²) < 4.78 is 5.50. The third-order valence-electron chi connectivity index (χ3n) is 19.2. The van der Waals surface area contributed by atoms with Crippen LogP contribution < -0.4 is 5.32 Å². The minimum atomic E-state index is -0.843. The number of carbonyl (C=O) groups is 2. The van der Waals surface area contributed by atoms with Crippen molar-refractivity contribution in [3.05, 3.63) is 36.5 Å². The largest absolute Gasteiger partial charge is 0.466 e. The van der Waals surface area contributed by atoms with E-state index in [1.807, 2.05) is 6.08 Å². The van der Waals surface area contributed by atoms with Gasteiger partial charge in [-0.1, -0.05) is 416 Å². The van der Waals surface area contributed by atoms with Crippen LogP contribution in [0.4, 0.5) is 0 Å². The first-order valence-corrected chi connectivity index (χ1v) is 40.8. The van der Waals surface area contributed by atoms with Crippen LogP contribution in [0, 0.1) is 0 Å². The molecule has 1 amide bonds. The Morgan fingerprint density at radius 2 is 0.562 bits per heavy atom. The van der Waals surface area contributed by atoms with Crippen LogP contribution >= 0.6 is 0 Å². The van der Waals surface area contributed by atoms with Crippen molar-refractivity contribution in [1.82, 2.24) is 5.32 Å². The zero-order valence-corrected chi connectivity index (χ0v) is 60.4. The van der Waals surface area contributed by atoms with Crippen molar-refractivity contribution >= 4 is 11.9 Å². The minimum Gasteiger partial charge on any atom is -0.466 e. The van der Waals surface area contributed by atoms with Gasteiger partial charge in [0.2, 0.25) is 5.91 Å². The number of allylic oxidation sites excluding steroid dienone is 5. The van der Waals surface area contributed by atoms with Gasteiger partial charge in [0.1, 0.15) is 0 Å². The van der Waals surface area contributed by atoms with Gasteiger partial charge in [0.15, 0.2) is 0 Å². The normalized spacial score (nSPS) is 12.6. The van der Waals surface area contributed by atoms with Crippen LogP contribution in [0.5, 0.6) is 0 Å². The first-order chi connectivity index (χ1) is 44.0. The van der Waals surface area contributed by atoms with Crippen molar-refractivity contribution in [2.45, 2.75) is 469 Å². The smallest absolute Gasteiger partial charge is 0.305 e. The third-order valence-corrected chi connectivity index (χ3v) is 19.2. The Morgan fingerprint density at radius 3 is 0.865 bits per heavy atom. The average molecular weight is 1250 g/mol. The Morgan fingerprint density at radius 1 is 0.315 bits per heavy atom. The number of aliphatic hydroxyl groups excluding tert-OH is 2. The summed E-state index contributed by atoms with van der Waals surface area (Å²) in [6.07, 6.45) is 103. The SMILES string of the molecule is CCCCCC/C=C\C/C=C\CCCCCCCC(=O)OCCCCCCCCCCCCCCCCCCCCCCCCCCCCCCCCCCC(=O)NC(CO)C(O)/C=C/CCCCCCCCCCCCCCCCCCCCCCCC. The summed E-state index contributed by atoms with van der Waals surface area (Å²) in [5.74, 6) is -0.0501. The summed E-state index contributed by atoms with van der Waals surface area (Å²) in [4.78, 5) is 24.7.